The number of nitrogens with zero attached hydrogens (tertiary/aromatic N) is 4. The third kappa shape index (κ3) is 3.89. The first-order valence-corrected chi connectivity index (χ1v) is 9.69. The third-order valence-electron chi connectivity index (χ3n) is 5.01. The van der Waals surface area contributed by atoms with E-state index >= 15 is 0 Å². The van der Waals surface area contributed by atoms with E-state index in [9.17, 15) is 14.4 Å². The van der Waals surface area contributed by atoms with Crippen molar-refractivity contribution >= 4 is 17.6 Å². The van der Waals surface area contributed by atoms with Crippen LogP contribution in [-0.4, -0.2) is 46.3 Å². The Labute approximate surface area is 178 Å². The quantitative estimate of drug-likeness (QED) is 0.688. The van der Waals surface area contributed by atoms with Crippen LogP contribution in [-0.2, 0) is 4.79 Å². The van der Waals surface area contributed by atoms with Crippen molar-refractivity contribution in [3.8, 4) is 11.4 Å². The van der Waals surface area contributed by atoms with Crippen LogP contribution in [0.4, 0.5) is 5.82 Å². The van der Waals surface area contributed by atoms with Crippen molar-refractivity contribution in [2.24, 2.45) is 0 Å². The molecule has 31 heavy (non-hydrogen) atoms. The highest BCUT2D eigenvalue weighted by molar-refractivity contribution is 6.02. The lowest BCUT2D eigenvalue weighted by molar-refractivity contribution is -0.120. The number of hydrogen-bond acceptors (Lipinski definition) is 6. The predicted molar refractivity (Wildman–Crippen MR) is 114 cm³/mol. The summed E-state index contributed by atoms with van der Waals surface area (Å²) >= 11 is 0. The van der Waals surface area contributed by atoms with Crippen LogP contribution in [0.5, 0.6) is 5.75 Å². The Balaban J connectivity index is 1.62. The maximum absolute atomic E-state index is 12.9. The highest BCUT2D eigenvalue weighted by atomic mass is 16.5. The number of nitrogens with one attached hydrogen (secondary N) is 1. The highest BCUT2D eigenvalue weighted by Gasteiger charge is 2.32. The number of carbonyl (C=O) groups is 2. The standard InChI is InChI=1S/C22H21N5O4/c1-13-6-8-15(9-7-13)27-14(2)11-17(28)19(25-27)21(29)24-16-12-31-18-5-4-10-23-20(18)26(3)22(16)30/h4-11,16H,12H2,1-3H3,(H,24,29). The molecule has 0 radical (unpaired) electrons. The number of hydrogen-bond donors (Lipinski definition) is 1. The number of ether oxygens (including phenoxy) is 1. The largest absolute Gasteiger partial charge is 0.487 e. The van der Waals surface area contributed by atoms with Crippen LogP contribution in [0.15, 0.2) is 53.5 Å². The van der Waals surface area contributed by atoms with Gasteiger partial charge in [0, 0.05) is 25.0 Å². The number of anilines is 1. The van der Waals surface area contributed by atoms with E-state index in [0.29, 0.717) is 22.9 Å². The van der Waals surface area contributed by atoms with Gasteiger partial charge in [0.05, 0.1) is 5.69 Å². The molecule has 3 heterocycles. The smallest absolute Gasteiger partial charge is 0.276 e. The zero-order valence-electron chi connectivity index (χ0n) is 17.3. The van der Waals surface area contributed by atoms with Crippen molar-refractivity contribution in [2.75, 3.05) is 18.6 Å². The summed E-state index contributed by atoms with van der Waals surface area (Å²) in [5, 5.41) is 6.84. The summed E-state index contributed by atoms with van der Waals surface area (Å²) in [7, 11) is 1.55. The summed E-state index contributed by atoms with van der Waals surface area (Å²) in [5.41, 5.74) is 1.54. The Morgan fingerprint density at radius 3 is 2.65 bits per heavy atom. The maximum Gasteiger partial charge on any atom is 0.276 e. The molecule has 0 saturated heterocycles. The van der Waals surface area contributed by atoms with Gasteiger partial charge in [-0.1, -0.05) is 17.7 Å². The van der Waals surface area contributed by atoms with Gasteiger partial charge in [-0.05, 0) is 38.1 Å². The van der Waals surface area contributed by atoms with E-state index in [2.05, 4.69) is 15.4 Å². The number of carbonyl (C=O) groups excluding carboxylic acids is 2. The van der Waals surface area contributed by atoms with E-state index in [1.807, 2.05) is 31.2 Å². The Kier molecular flexibility index (Phi) is 5.24. The fraction of sp³-hybridized carbons (Fsp3) is 0.227. The first-order valence-electron chi connectivity index (χ1n) is 9.69. The predicted octanol–water partition coefficient (Wildman–Crippen LogP) is 1.40. The second-order valence-corrected chi connectivity index (χ2v) is 7.31. The minimum absolute atomic E-state index is 0.0916. The molecule has 3 aromatic rings. The van der Waals surface area contributed by atoms with Gasteiger partial charge < -0.3 is 10.1 Å². The molecular weight excluding hydrogens is 398 g/mol. The van der Waals surface area contributed by atoms with Gasteiger partial charge in [0.15, 0.2) is 17.3 Å². The second-order valence-electron chi connectivity index (χ2n) is 7.31. The molecule has 1 atom stereocenters. The molecule has 0 aliphatic carbocycles. The first-order chi connectivity index (χ1) is 14.8. The Morgan fingerprint density at radius 2 is 1.90 bits per heavy atom. The molecule has 0 saturated carbocycles. The van der Waals surface area contributed by atoms with Crippen LogP contribution in [0.25, 0.3) is 5.69 Å². The molecule has 4 rings (SSSR count). The van der Waals surface area contributed by atoms with E-state index in [0.717, 1.165) is 5.56 Å². The van der Waals surface area contributed by atoms with Gasteiger partial charge in [-0.25, -0.2) is 9.67 Å². The van der Waals surface area contributed by atoms with Crippen LogP contribution in [0, 0.1) is 13.8 Å². The molecule has 2 aromatic heterocycles. The lowest BCUT2D eigenvalue weighted by Crippen LogP contribution is -2.50. The number of aryl methyl sites for hydroxylation is 2. The van der Waals surface area contributed by atoms with E-state index in [-0.39, 0.29) is 12.3 Å². The minimum atomic E-state index is -0.998. The van der Waals surface area contributed by atoms with E-state index < -0.39 is 23.3 Å². The van der Waals surface area contributed by atoms with Crippen molar-refractivity contribution in [3.63, 3.8) is 0 Å². The molecular formula is C22H21N5O4. The Morgan fingerprint density at radius 1 is 1.16 bits per heavy atom. The zero-order chi connectivity index (χ0) is 22.1. The van der Waals surface area contributed by atoms with Gasteiger partial charge in [0.1, 0.15) is 12.6 Å². The molecule has 2 amide bonds. The molecule has 1 N–H and O–H groups in total. The topological polar surface area (TPSA) is 106 Å². The molecule has 1 aliphatic rings. The lowest BCUT2D eigenvalue weighted by atomic mass is 10.2. The molecule has 1 unspecified atom stereocenters. The Hall–Kier alpha value is -4.01. The van der Waals surface area contributed by atoms with Gasteiger partial charge in [-0.15, -0.1) is 0 Å². The molecule has 1 aliphatic heterocycles. The van der Waals surface area contributed by atoms with Crippen LogP contribution in [0.2, 0.25) is 0 Å². The zero-order valence-corrected chi connectivity index (χ0v) is 17.3. The number of aromatic nitrogens is 3. The summed E-state index contributed by atoms with van der Waals surface area (Å²) in [5.74, 6) is -0.360. The molecule has 0 bridgehead atoms. The molecule has 158 valence electrons. The summed E-state index contributed by atoms with van der Waals surface area (Å²) in [4.78, 5) is 43.7. The van der Waals surface area contributed by atoms with Crippen molar-refractivity contribution in [1.29, 1.82) is 0 Å². The fourth-order valence-corrected chi connectivity index (χ4v) is 3.31. The first kappa shape index (κ1) is 20.3. The number of fused-ring (bicyclic) bond motifs is 1. The van der Waals surface area contributed by atoms with Crippen LogP contribution < -0.4 is 20.4 Å². The molecule has 0 fully saturated rings. The van der Waals surface area contributed by atoms with Crippen molar-refractivity contribution in [3.05, 3.63) is 75.8 Å². The van der Waals surface area contributed by atoms with E-state index in [4.69, 9.17) is 4.74 Å². The van der Waals surface area contributed by atoms with Gasteiger partial charge >= 0.3 is 0 Å². The van der Waals surface area contributed by atoms with Gasteiger partial charge in [-0.2, -0.15) is 5.10 Å². The summed E-state index contributed by atoms with van der Waals surface area (Å²) in [6.45, 7) is 3.61. The normalized spacial score (nSPS) is 15.6. The van der Waals surface area contributed by atoms with E-state index in [1.165, 1.54) is 15.6 Å². The SMILES string of the molecule is Cc1ccc(-n2nc(C(=O)NC3COc4cccnc4N(C)C3=O)c(=O)cc2C)cc1. The van der Waals surface area contributed by atoms with Crippen molar-refractivity contribution < 1.29 is 14.3 Å². The number of pyridine rings is 1. The van der Waals surface area contributed by atoms with Crippen LogP contribution >= 0.6 is 0 Å². The van der Waals surface area contributed by atoms with Gasteiger partial charge in [0.2, 0.25) is 5.43 Å². The lowest BCUT2D eigenvalue weighted by Gasteiger charge is -2.19. The third-order valence-corrected chi connectivity index (χ3v) is 5.01. The maximum atomic E-state index is 12.9. The molecule has 1 aromatic carbocycles. The summed E-state index contributed by atoms with van der Waals surface area (Å²) < 4.78 is 7.17. The second kappa shape index (κ2) is 8.02. The number of rotatable bonds is 3. The van der Waals surface area contributed by atoms with Crippen molar-refractivity contribution in [1.82, 2.24) is 20.1 Å². The average Bonchev–Trinajstić information content (AvgIpc) is 2.87. The van der Waals surface area contributed by atoms with Crippen molar-refractivity contribution in [2.45, 2.75) is 19.9 Å². The van der Waals surface area contributed by atoms with Gasteiger partial charge in [0.25, 0.3) is 11.8 Å². The number of benzene rings is 1. The number of likely N-dealkylation sites (N-methyl/N-ethyl adjacent to an activating group) is 1. The minimum Gasteiger partial charge on any atom is -0.487 e. The van der Waals surface area contributed by atoms with Gasteiger partial charge in [-0.3, -0.25) is 19.3 Å². The summed E-state index contributed by atoms with van der Waals surface area (Å²) in [6.07, 6.45) is 1.55. The van der Waals surface area contributed by atoms with Crippen LogP contribution in [0.1, 0.15) is 21.7 Å². The number of amides is 2. The highest BCUT2D eigenvalue weighted by Crippen LogP contribution is 2.27. The summed E-state index contributed by atoms with van der Waals surface area (Å²) in [6, 6.07) is 11.3. The average molecular weight is 419 g/mol. The molecule has 9 heteroatoms. The Bertz CT molecular complexity index is 1220. The molecule has 0 spiro atoms. The van der Waals surface area contributed by atoms with E-state index in [1.54, 1.807) is 32.3 Å². The monoisotopic (exact) mass is 419 g/mol. The van der Waals surface area contributed by atoms with Crippen LogP contribution in [0.3, 0.4) is 0 Å². The fourth-order valence-electron chi connectivity index (χ4n) is 3.31. The molecule has 9 nitrogen and oxygen atoms in total.